The van der Waals surface area contributed by atoms with E-state index < -0.39 is 0 Å². The predicted molar refractivity (Wildman–Crippen MR) is 103 cm³/mol. The van der Waals surface area contributed by atoms with E-state index >= 15 is 0 Å². The number of hydrogen-bond acceptors (Lipinski definition) is 5. The Kier molecular flexibility index (Phi) is 5.39. The van der Waals surface area contributed by atoms with Crippen molar-refractivity contribution >= 4 is 38.7 Å². The summed E-state index contributed by atoms with van der Waals surface area (Å²) in [7, 11) is 0. The van der Waals surface area contributed by atoms with Crippen LogP contribution in [0, 0.1) is 0 Å². The minimum Gasteiger partial charge on any atom is -0.353 e. The molecule has 25 heavy (non-hydrogen) atoms. The molecule has 1 fully saturated rings. The van der Waals surface area contributed by atoms with Crippen LogP contribution in [0.25, 0.3) is 15.8 Å². The largest absolute Gasteiger partial charge is 0.353 e. The molecule has 0 aliphatic carbocycles. The van der Waals surface area contributed by atoms with Gasteiger partial charge < -0.3 is 9.47 Å². The van der Waals surface area contributed by atoms with Crippen LogP contribution in [0.3, 0.4) is 0 Å². The summed E-state index contributed by atoms with van der Waals surface area (Å²) in [5.74, 6) is 0. The second-order valence-electron chi connectivity index (χ2n) is 6.62. The molecule has 0 bridgehead atoms. The summed E-state index contributed by atoms with van der Waals surface area (Å²) in [5, 5.41) is 1.82. The van der Waals surface area contributed by atoms with E-state index in [1.54, 1.807) is 17.5 Å². The van der Waals surface area contributed by atoms with Crippen LogP contribution in [0.1, 0.15) is 31.1 Å². The van der Waals surface area contributed by atoms with E-state index in [2.05, 4.69) is 29.0 Å². The van der Waals surface area contributed by atoms with Crippen LogP contribution in [0.2, 0.25) is 5.02 Å². The maximum atomic E-state index is 6.29. The Bertz CT molecular complexity index is 770. The third-order valence-electron chi connectivity index (χ3n) is 5.03. The molecule has 2 aromatic rings. The van der Waals surface area contributed by atoms with Gasteiger partial charge in [-0.3, -0.25) is 4.90 Å². The zero-order valence-corrected chi connectivity index (χ0v) is 16.0. The average Bonchev–Trinajstić information content (AvgIpc) is 3.21. The van der Waals surface area contributed by atoms with Gasteiger partial charge in [0, 0.05) is 42.2 Å². The van der Waals surface area contributed by atoms with E-state index in [1.165, 1.54) is 16.9 Å². The number of pyridine rings is 1. The van der Waals surface area contributed by atoms with Gasteiger partial charge in [-0.05, 0) is 43.9 Å². The molecule has 6 heteroatoms. The number of fused-ring (bicyclic) bond motifs is 1. The SMILES string of the molecule is CC1C(c2cc3c(Cl)ccnc3s2)=CCN1CCOC1CCCCO1. The van der Waals surface area contributed by atoms with Crippen molar-refractivity contribution in [2.24, 2.45) is 0 Å². The van der Waals surface area contributed by atoms with Gasteiger partial charge in [-0.25, -0.2) is 4.98 Å². The van der Waals surface area contributed by atoms with Crippen molar-refractivity contribution in [1.82, 2.24) is 9.88 Å². The van der Waals surface area contributed by atoms with Gasteiger partial charge >= 0.3 is 0 Å². The van der Waals surface area contributed by atoms with Crippen LogP contribution in [-0.4, -0.2) is 48.5 Å². The van der Waals surface area contributed by atoms with Crippen LogP contribution in [0.15, 0.2) is 24.4 Å². The summed E-state index contributed by atoms with van der Waals surface area (Å²) in [6.07, 6.45) is 7.47. The topological polar surface area (TPSA) is 34.6 Å². The second-order valence-corrected chi connectivity index (χ2v) is 8.06. The number of ether oxygens (including phenoxy) is 2. The van der Waals surface area contributed by atoms with E-state index in [0.29, 0.717) is 6.04 Å². The molecular weight excluding hydrogens is 356 g/mol. The number of thiophene rings is 1. The summed E-state index contributed by atoms with van der Waals surface area (Å²) in [6.45, 7) is 5.69. The first kappa shape index (κ1) is 17.4. The Hall–Kier alpha value is -0.980. The van der Waals surface area contributed by atoms with Crippen LogP contribution in [-0.2, 0) is 9.47 Å². The Labute approximate surface area is 157 Å². The minimum atomic E-state index is -0.00472. The maximum absolute atomic E-state index is 6.29. The molecule has 0 amide bonds. The van der Waals surface area contributed by atoms with Gasteiger partial charge in [-0.1, -0.05) is 17.7 Å². The van der Waals surface area contributed by atoms with Crippen molar-refractivity contribution in [3.8, 4) is 0 Å². The summed E-state index contributed by atoms with van der Waals surface area (Å²) in [4.78, 5) is 9.15. The summed E-state index contributed by atoms with van der Waals surface area (Å²) in [5.41, 5.74) is 1.37. The summed E-state index contributed by atoms with van der Waals surface area (Å²) in [6, 6.07) is 4.40. The van der Waals surface area contributed by atoms with Crippen LogP contribution < -0.4 is 0 Å². The standard InChI is InChI=1S/C19H23ClN2O2S/c1-13-14(17-12-15-16(20)5-7-21-19(15)25-17)6-8-22(13)9-11-24-18-4-2-3-10-23-18/h5-7,12-13,18H,2-4,8-11H2,1H3. The number of halogens is 1. The third-order valence-corrected chi connectivity index (χ3v) is 6.45. The monoisotopic (exact) mass is 378 g/mol. The van der Waals surface area contributed by atoms with Crippen molar-refractivity contribution in [1.29, 1.82) is 0 Å². The van der Waals surface area contributed by atoms with Crippen molar-refractivity contribution in [3.05, 3.63) is 34.3 Å². The predicted octanol–water partition coefficient (Wildman–Crippen LogP) is 4.58. The van der Waals surface area contributed by atoms with Gasteiger partial charge in [0.2, 0.25) is 0 Å². The van der Waals surface area contributed by atoms with E-state index in [1.807, 2.05) is 6.07 Å². The Morgan fingerprint density at radius 2 is 2.36 bits per heavy atom. The highest BCUT2D eigenvalue weighted by Gasteiger charge is 2.26. The lowest BCUT2D eigenvalue weighted by Gasteiger charge is -2.26. The van der Waals surface area contributed by atoms with Crippen molar-refractivity contribution in [2.75, 3.05) is 26.3 Å². The molecule has 4 heterocycles. The molecule has 4 nitrogen and oxygen atoms in total. The van der Waals surface area contributed by atoms with E-state index in [-0.39, 0.29) is 6.29 Å². The quantitative estimate of drug-likeness (QED) is 0.762. The fourth-order valence-corrected chi connectivity index (χ4v) is 4.93. The first-order valence-corrected chi connectivity index (χ1v) is 10.1. The smallest absolute Gasteiger partial charge is 0.157 e. The fourth-order valence-electron chi connectivity index (χ4n) is 3.53. The molecular formula is C19H23ClN2O2S. The lowest BCUT2D eigenvalue weighted by molar-refractivity contribution is -0.164. The second kappa shape index (κ2) is 7.72. The molecule has 0 aromatic carbocycles. The Morgan fingerprint density at radius 3 is 3.16 bits per heavy atom. The molecule has 2 aromatic heterocycles. The summed E-state index contributed by atoms with van der Waals surface area (Å²) >= 11 is 8.01. The number of aromatic nitrogens is 1. The van der Waals surface area contributed by atoms with Gasteiger partial charge in [0.05, 0.1) is 11.6 Å². The lowest BCUT2D eigenvalue weighted by Crippen LogP contribution is -2.34. The fraction of sp³-hybridized carbons (Fsp3) is 0.526. The van der Waals surface area contributed by atoms with Crippen molar-refractivity contribution < 1.29 is 9.47 Å². The van der Waals surface area contributed by atoms with E-state index in [9.17, 15) is 0 Å². The third kappa shape index (κ3) is 3.76. The Balaban J connectivity index is 1.36. The molecule has 0 N–H and O–H groups in total. The van der Waals surface area contributed by atoms with Crippen LogP contribution in [0.5, 0.6) is 0 Å². The summed E-state index contributed by atoms with van der Waals surface area (Å²) < 4.78 is 11.5. The number of nitrogens with zero attached hydrogens (tertiary/aromatic N) is 2. The molecule has 2 atom stereocenters. The molecule has 134 valence electrons. The van der Waals surface area contributed by atoms with Crippen molar-refractivity contribution in [3.63, 3.8) is 0 Å². The molecule has 0 saturated carbocycles. The van der Waals surface area contributed by atoms with E-state index in [0.717, 1.165) is 54.4 Å². The maximum Gasteiger partial charge on any atom is 0.157 e. The molecule has 0 spiro atoms. The van der Waals surface area contributed by atoms with Crippen LogP contribution >= 0.6 is 22.9 Å². The first-order chi connectivity index (χ1) is 12.2. The minimum absolute atomic E-state index is 0.00472. The lowest BCUT2D eigenvalue weighted by atomic mass is 10.1. The molecule has 2 unspecified atom stereocenters. The Morgan fingerprint density at radius 1 is 1.44 bits per heavy atom. The van der Waals surface area contributed by atoms with Gasteiger partial charge in [0.25, 0.3) is 0 Å². The van der Waals surface area contributed by atoms with Gasteiger partial charge in [-0.15, -0.1) is 11.3 Å². The zero-order chi connectivity index (χ0) is 17.2. The average molecular weight is 379 g/mol. The van der Waals surface area contributed by atoms with Gasteiger partial charge in [0.1, 0.15) is 4.83 Å². The van der Waals surface area contributed by atoms with Gasteiger partial charge in [0.15, 0.2) is 6.29 Å². The highest BCUT2D eigenvalue weighted by atomic mass is 35.5. The highest BCUT2D eigenvalue weighted by Crippen LogP contribution is 2.37. The van der Waals surface area contributed by atoms with Gasteiger partial charge in [-0.2, -0.15) is 0 Å². The number of hydrogen-bond donors (Lipinski definition) is 0. The molecule has 2 aliphatic rings. The highest BCUT2D eigenvalue weighted by molar-refractivity contribution is 7.19. The van der Waals surface area contributed by atoms with Crippen LogP contribution in [0.4, 0.5) is 0 Å². The number of rotatable bonds is 5. The molecule has 0 radical (unpaired) electrons. The molecule has 4 rings (SSSR count). The molecule has 1 saturated heterocycles. The normalized spacial score (nSPS) is 24.8. The van der Waals surface area contributed by atoms with Crippen molar-refractivity contribution in [2.45, 2.75) is 38.5 Å². The zero-order valence-electron chi connectivity index (χ0n) is 14.4. The van der Waals surface area contributed by atoms with E-state index in [4.69, 9.17) is 21.1 Å². The molecule has 2 aliphatic heterocycles. The first-order valence-electron chi connectivity index (χ1n) is 8.94.